The average Bonchev–Trinajstić information content (AvgIpc) is 3.25. The van der Waals surface area contributed by atoms with Crippen LogP contribution < -0.4 is 10.1 Å². The van der Waals surface area contributed by atoms with Crippen molar-refractivity contribution >= 4 is 11.7 Å². The summed E-state index contributed by atoms with van der Waals surface area (Å²) >= 11 is 0. The number of urea groups is 1. The van der Waals surface area contributed by atoms with Crippen molar-refractivity contribution in [2.45, 2.75) is 25.7 Å². The number of hydrogen-bond acceptors (Lipinski definition) is 5. The minimum absolute atomic E-state index is 0.0976. The molecule has 29 heavy (non-hydrogen) atoms. The van der Waals surface area contributed by atoms with Crippen molar-refractivity contribution < 1.29 is 14.1 Å². The summed E-state index contributed by atoms with van der Waals surface area (Å²) in [6.45, 7) is 3.33. The van der Waals surface area contributed by atoms with Gasteiger partial charge in [0.15, 0.2) is 0 Å². The van der Waals surface area contributed by atoms with Gasteiger partial charge in [-0.3, -0.25) is 0 Å². The van der Waals surface area contributed by atoms with Crippen LogP contribution in [0.4, 0.5) is 10.5 Å². The van der Waals surface area contributed by atoms with Crippen molar-refractivity contribution in [3.05, 3.63) is 60.0 Å². The molecule has 7 heteroatoms. The third-order valence-corrected chi connectivity index (χ3v) is 5.19. The van der Waals surface area contributed by atoms with Gasteiger partial charge in [0.25, 0.3) is 0 Å². The number of amides is 2. The molecule has 7 nitrogen and oxygen atoms in total. The Kier molecular flexibility index (Phi) is 5.46. The van der Waals surface area contributed by atoms with Gasteiger partial charge < -0.3 is 19.5 Å². The highest BCUT2D eigenvalue weighted by atomic mass is 16.5. The Morgan fingerprint density at radius 2 is 1.93 bits per heavy atom. The predicted octanol–water partition coefficient (Wildman–Crippen LogP) is 4.47. The molecule has 0 unspecified atom stereocenters. The maximum Gasteiger partial charge on any atom is 0.321 e. The molecular weight excluding hydrogens is 368 g/mol. The summed E-state index contributed by atoms with van der Waals surface area (Å²) in [6.07, 6.45) is 1.59. The maximum absolute atomic E-state index is 12.5. The molecule has 0 saturated carbocycles. The van der Waals surface area contributed by atoms with Crippen molar-refractivity contribution in [1.29, 1.82) is 0 Å². The summed E-state index contributed by atoms with van der Waals surface area (Å²) in [7, 11) is 1.62. The van der Waals surface area contributed by atoms with E-state index in [1.165, 1.54) is 0 Å². The zero-order chi connectivity index (χ0) is 20.2. The van der Waals surface area contributed by atoms with Crippen LogP contribution in [0, 0.1) is 6.92 Å². The molecular formula is C22H24N4O3. The monoisotopic (exact) mass is 392 g/mol. The number of aryl methyl sites for hydroxylation is 1. The summed E-state index contributed by atoms with van der Waals surface area (Å²) in [5, 5.41) is 7.07. The Morgan fingerprint density at radius 1 is 1.17 bits per heavy atom. The fourth-order valence-electron chi connectivity index (χ4n) is 3.51. The van der Waals surface area contributed by atoms with Crippen molar-refractivity contribution in [2.24, 2.45) is 0 Å². The number of likely N-dealkylation sites (tertiary alicyclic amines) is 1. The Labute approximate surface area is 169 Å². The smallest absolute Gasteiger partial charge is 0.321 e. The van der Waals surface area contributed by atoms with E-state index in [4.69, 9.17) is 9.26 Å². The van der Waals surface area contributed by atoms with Gasteiger partial charge in [0.05, 0.1) is 7.11 Å². The minimum atomic E-state index is -0.0976. The van der Waals surface area contributed by atoms with E-state index in [2.05, 4.69) is 15.5 Å². The number of carbonyl (C=O) groups is 1. The number of benzene rings is 2. The molecule has 150 valence electrons. The van der Waals surface area contributed by atoms with Gasteiger partial charge in [0, 0.05) is 30.3 Å². The molecule has 4 rings (SSSR count). The van der Waals surface area contributed by atoms with Crippen LogP contribution >= 0.6 is 0 Å². The molecule has 2 aromatic carbocycles. The van der Waals surface area contributed by atoms with Gasteiger partial charge in [-0.15, -0.1) is 0 Å². The van der Waals surface area contributed by atoms with E-state index < -0.39 is 0 Å². The number of piperidine rings is 1. The van der Waals surface area contributed by atoms with Crippen LogP contribution in [0.1, 0.15) is 30.2 Å². The molecule has 1 aromatic heterocycles. The molecule has 2 heterocycles. The van der Waals surface area contributed by atoms with Gasteiger partial charge in [0.1, 0.15) is 5.75 Å². The zero-order valence-corrected chi connectivity index (χ0v) is 16.6. The number of hydrogen-bond donors (Lipinski definition) is 1. The fourth-order valence-corrected chi connectivity index (χ4v) is 3.51. The van der Waals surface area contributed by atoms with Gasteiger partial charge in [0.2, 0.25) is 11.7 Å². The molecule has 3 aromatic rings. The largest absolute Gasteiger partial charge is 0.497 e. The number of nitrogens with zero attached hydrogens (tertiary/aromatic N) is 3. The van der Waals surface area contributed by atoms with Crippen LogP contribution in [0.2, 0.25) is 0 Å². The highest BCUT2D eigenvalue weighted by molar-refractivity contribution is 5.89. The lowest BCUT2D eigenvalue weighted by Crippen LogP contribution is -2.40. The number of methoxy groups -OCH3 is 1. The second-order valence-corrected chi connectivity index (χ2v) is 7.25. The fraction of sp³-hybridized carbons (Fsp3) is 0.318. The van der Waals surface area contributed by atoms with E-state index in [0.29, 0.717) is 24.8 Å². The van der Waals surface area contributed by atoms with Crippen LogP contribution in [0.5, 0.6) is 5.75 Å². The topological polar surface area (TPSA) is 80.5 Å². The summed E-state index contributed by atoms with van der Waals surface area (Å²) < 4.78 is 10.7. The molecule has 0 radical (unpaired) electrons. The third kappa shape index (κ3) is 4.39. The first-order valence-electron chi connectivity index (χ1n) is 9.73. The summed E-state index contributed by atoms with van der Waals surface area (Å²) in [6, 6.07) is 15.3. The Bertz CT molecular complexity index is 976. The van der Waals surface area contributed by atoms with E-state index in [1.807, 2.05) is 60.4 Å². The van der Waals surface area contributed by atoms with Gasteiger partial charge in [-0.05, 0) is 50.1 Å². The first-order valence-corrected chi connectivity index (χ1v) is 9.73. The van der Waals surface area contributed by atoms with Gasteiger partial charge in [-0.2, -0.15) is 4.98 Å². The van der Waals surface area contributed by atoms with E-state index in [9.17, 15) is 4.79 Å². The lowest BCUT2D eigenvalue weighted by Gasteiger charge is -2.30. The van der Waals surface area contributed by atoms with E-state index in [0.717, 1.165) is 35.4 Å². The van der Waals surface area contributed by atoms with Crippen molar-refractivity contribution in [3.8, 4) is 17.1 Å². The number of aromatic nitrogens is 2. The van der Waals surface area contributed by atoms with Gasteiger partial charge in [-0.1, -0.05) is 28.9 Å². The second-order valence-electron chi connectivity index (χ2n) is 7.25. The number of anilines is 1. The Balaban J connectivity index is 1.34. The number of nitrogens with one attached hydrogen (secondary N) is 1. The van der Waals surface area contributed by atoms with Crippen molar-refractivity contribution in [3.63, 3.8) is 0 Å². The van der Waals surface area contributed by atoms with Crippen LogP contribution in [0.3, 0.4) is 0 Å². The normalized spacial score (nSPS) is 14.6. The van der Waals surface area contributed by atoms with Crippen molar-refractivity contribution in [2.75, 3.05) is 25.5 Å². The second kappa shape index (κ2) is 8.34. The van der Waals surface area contributed by atoms with Gasteiger partial charge >= 0.3 is 6.03 Å². The molecule has 1 aliphatic heterocycles. The van der Waals surface area contributed by atoms with Crippen LogP contribution in [-0.4, -0.2) is 41.3 Å². The predicted molar refractivity (Wildman–Crippen MR) is 110 cm³/mol. The Morgan fingerprint density at radius 3 is 2.62 bits per heavy atom. The van der Waals surface area contributed by atoms with Crippen LogP contribution in [0.15, 0.2) is 53.1 Å². The lowest BCUT2D eigenvalue weighted by molar-refractivity contribution is 0.187. The molecule has 1 aliphatic rings. The number of rotatable bonds is 4. The third-order valence-electron chi connectivity index (χ3n) is 5.19. The lowest BCUT2D eigenvalue weighted by atomic mass is 9.97. The molecule has 0 spiro atoms. The first-order chi connectivity index (χ1) is 14.1. The van der Waals surface area contributed by atoms with Crippen LogP contribution in [-0.2, 0) is 0 Å². The molecule has 2 amide bonds. The number of carbonyl (C=O) groups excluding carboxylic acids is 1. The average molecular weight is 392 g/mol. The molecule has 0 atom stereocenters. The maximum atomic E-state index is 12.5. The summed E-state index contributed by atoms with van der Waals surface area (Å²) in [4.78, 5) is 18.9. The minimum Gasteiger partial charge on any atom is -0.497 e. The van der Waals surface area contributed by atoms with Crippen molar-refractivity contribution in [1.82, 2.24) is 15.0 Å². The van der Waals surface area contributed by atoms with E-state index in [-0.39, 0.29) is 11.9 Å². The zero-order valence-electron chi connectivity index (χ0n) is 16.6. The first kappa shape index (κ1) is 19.0. The molecule has 1 fully saturated rings. The summed E-state index contributed by atoms with van der Waals surface area (Å²) in [5.41, 5.74) is 2.86. The Hall–Kier alpha value is -3.35. The standard InChI is InChI=1S/C22H24N4O3/c1-15-4-3-5-17(14-15)20-24-21(29-25-20)16-10-12-26(13-11-16)22(27)23-18-6-8-19(28-2)9-7-18/h3-9,14,16H,10-13H2,1-2H3,(H,23,27). The summed E-state index contributed by atoms with van der Waals surface area (Å²) in [5.74, 6) is 2.19. The van der Waals surface area contributed by atoms with E-state index >= 15 is 0 Å². The van der Waals surface area contributed by atoms with E-state index in [1.54, 1.807) is 7.11 Å². The molecule has 1 saturated heterocycles. The number of ether oxygens (including phenoxy) is 1. The molecule has 0 bridgehead atoms. The molecule has 0 aliphatic carbocycles. The SMILES string of the molecule is COc1ccc(NC(=O)N2CCC(c3nc(-c4cccc(C)c4)no3)CC2)cc1. The highest BCUT2D eigenvalue weighted by Crippen LogP contribution is 2.29. The highest BCUT2D eigenvalue weighted by Gasteiger charge is 2.27. The van der Waals surface area contributed by atoms with Crippen LogP contribution in [0.25, 0.3) is 11.4 Å². The van der Waals surface area contributed by atoms with Gasteiger partial charge in [-0.25, -0.2) is 4.79 Å². The molecule has 1 N–H and O–H groups in total. The quantitative estimate of drug-likeness (QED) is 0.709.